The summed E-state index contributed by atoms with van der Waals surface area (Å²) in [5, 5.41) is 13.3. The Kier molecular flexibility index (Phi) is 5.22. The average Bonchev–Trinajstić information content (AvgIpc) is 2.70. The highest BCUT2D eigenvalue weighted by molar-refractivity contribution is 5.94. The van der Waals surface area contributed by atoms with Crippen molar-refractivity contribution in [1.82, 2.24) is 14.9 Å². The van der Waals surface area contributed by atoms with Crippen LogP contribution in [0.5, 0.6) is 5.75 Å². The number of nitriles is 1. The second-order valence-corrected chi connectivity index (χ2v) is 6.88. The third kappa shape index (κ3) is 4.10. The fourth-order valence-corrected chi connectivity index (χ4v) is 3.38. The lowest BCUT2D eigenvalue weighted by Crippen LogP contribution is -2.41. The molecule has 3 N–H and O–H groups in total. The number of carbonyl (C=O) groups excluding carboxylic acids is 1. The van der Waals surface area contributed by atoms with E-state index in [0.717, 1.165) is 30.6 Å². The molecule has 8 heteroatoms. The summed E-state index contributed by atoms with van der Waals surface area (Å²) < 4.78 is 5.07. The molecule has 146 valence electrons. The predicted molar refractivity (Wildman–Crippen MR) is 108 cm³/mol. The first-order valence-corrected chi connectivity index (χ1v) is 9.34. The van der Waals surface area contributed by atoms with Crippen LogP contribution in [0.4, 0.5) is 10.6 Å². The van der Waals surface area contributed by atoms with Gasteiger partial charge in [-0.05, 0) is 49.3 Å². The Balaban J connectivity index is 1.68. The average molecular weight is 388 g/mol. The quantitative estimate of drug-likeness (QED) is 0.667. The number of amides is 1. The lowest BCUT2D eigenvalue weighted by Gasteiger charge is -2.34. The molecule has 3 aromatic rings. The van der Waals surface area contributed by atoms with Crippen LogP contribution in [0.25, 0.3) is 10.9 Å². The summed E-state index contributed by atoms with van der Waals surface area (Å²) in [5.74, 6) is 0.929. The number of likely N-dealkylation sites (tertiary alicyclic amines) is 1. The third-order valence-electron chi connectivity index (χ3n) is 4.98. The summed E-state index contributed by atoms with van der Waals surface area (Å²) in [6.45, 7) is 2.94. The van der Waals surface area contributed by atoms with Crippen LogP contribution < -0.4 is 15.8 Å². The summed E-state index contributed by atoms with van der Waals surface area (Å²) in [7, 11) is 0. The largest absolute Gasteiger partial charge is 0.410 e. The van der Waals surface area contributed by atoms with Crippen molar-refractivity contribution in [3.05, 3.63) is 59.9 Å². The molecule has 29 heavy (non-hydrogen) atoms. The highest BCUT2D eigenvalue weighted by Gasteiger charge is 2.22. The number of fused-ring (bicyclic) bond motifs is 1. The van der Waals surface area contributed by atoms with E-state index in [-0.39, 0.29) is 11.8 Å². The van der Waals surface area contributed by atoms with Gasteiger partial charge in [-0.2, -0.15) is 5.26 Å². The fourth-order valence-electron chi connectivity index (χ4n) is 3.38. The minimum Gasteiger partial charge on any atom is -0.408 e. The number of primary amides is 1. The van der Waals surface area contributed by atoms with Gasteiger partial charge < -0.3 is 20.7 Å². The summed E-state index contributed by atoms with van der Waals surface area (Å²) in [6.07, 6.45) is 1.74. The molecule has 4 rings (SSSR count). The third-order valence-corrected chi connectivity index (χ3v) is 4.98. The number of hydrogen-bond donors (Lipinski definition) is 2. The van der Waals surface area contributed by atoms with E-state index >= 15 is 0 Å². The molecule has 0 unspecified atom stereocenters. The Morgan fingerprint density at radius 3 is 2.69 bits per heavy atom. The molecule has 1 aromatic heterocycles. The number of benzene rings is 2. The zero-order valence-electron chi connectivity index (χ0n) is 15.7. The number of nitrogens with zero attached hydrogens (tertiary/aromatic N) is 4. The normalized spacial score (nSPS) is 14.6. The number of para-hydroxylation sites is 1. The second kappa shape index (κ2) is 8.12. The van der Waals surface area contributed by atoms with Gasteiger partial charge in [0.25, 0.3) is 0 Å². The van der Waals surface area contributed by atoms with E-state index < -0.39 is 6.09 Å². The van der Waals surface area contributed by atoms with E-state index in [1.807, 2.05) is 30.3 Å². The van der Waals surface area contributed by atoms with E-state index in [2.05, 4.69) is 26.3 Å². The van der Waals surface area contributed by atoms with Gasteiger partial charge in [0.05, 0.1) is 17.7 Å². The molecule has 1 aliphatic heterocycles. The summed E-state index contributed by atoms with van der Waals surface area (Å²) >= 11 is 0. The molecule has 0 spiro atoms. The number of aromatic nitrogens is 2. The molecular weight excluding hydrogens is 368 g/mol. The van der Waals surface area contributed by atoms with Crippen LogP contribution in [0.3, 0.4) is 0 Å². The van der Waals surface area contributed by atoms with Crippen molar-refractivity contribution in [2.75, 3.05) is 25.0 Å². The van der Waals surface area contributed by atoms with Gasteiger partial charge in [-0.3, -0.25) is 0 Å². The van der Waals surface area contributed by atoms with Crippen molar-refractivity contribution in [2.45, 2.75) is 12.5 Å². The maximum Gasteiger partial charge on any atom is 0.410 e. The predicted octanol–water partition coefficient (Wildman–Crippen LogP) is 2.82. The molecule has 2 aromatic carbocycles. The Labute approximate surface area is 167 Å². The Hall–Kier alpha value is -3.70. The van der Waals surface area contributed by atoms with E-state index in [0.29, 0.717) is 16.9 Å². The fraction of sp³-hybridized carbons (Fsp3) is 0.238. The Bertz CT molecular complexity index is 1070. The molecule has 1 amide bonds. The first-order valence-electron chi connectivity index (χ1n) is 9.34. The zero-order chi connectivity index (χ0) is 20.2. The molecule has 1 aliphatic rings. The van der Waals surface area contributed by atoms with Crippen molar-refractivity contribution in [1.29, 1.82) is 5.26 Å². The molecule has 8 nitrogen and oxygen atoms in total. The van der Waals surface area contributed by atoms with Crippen LogP contribution in [-0.4, -0.2) is 40.6 Å². The van der Waals surface area contributed by atoms with Gasteiger partial charge in [0.2, 0.25) is 0 Å². The van der Waals surface area contributed by atoms with Crippen molar-refractivity contribution in [3.8, 4) is 11.8 Å². The Morgan fingerprint density at radius 1 is 1.24 bits per heavy atom. The van der Waals surface area contributed by atoms with Crippen LogP contribution in [-0.2, 0) is 0 Å². The number of hydrogen-bond acceptors (Lipinski definition) is 7. The molecule has 0 bridgehead atoms. The van der Waals surface area contributed by atoms with Crippen molar-refractivity contribution in [3.63, 3.8) is 0 Å². The van der Waals surface area contributed by atoms with Crippen LogP contribution in [0.15, 0.2) is 48.8 Å². The Morgan fingerprint density at radius 2 is 2.03 bits per heavy atom. The van der Waals surface area contributed by atoms with E-state index in [1.54, 1.807) is 12.1 Å². The van der Waals surface area contributed by atoms with Crippen molar-refractivity contribution >= 4 is 22.8 Å². The lowest BCUT2D eigenvalue weighted by molar-refractivity contribution is 0.174. The zero-order valence-corrected chi connectivity index (χ0v) is 15.7. The molecule has 1 fully saturated rings. The number of carbonyl (C=O) groups is 1. The highest BCUT2D eigenvalue weighted by atomic mass is 16.5. The van der Waals surface area contributed by atoms with Gasteiger partial charge in [-0.1, -0.05) is 18.2 Å². The van der Waals surface area contributed by atoms with E-state index in [9.17, 15) is 4.79 Å². The second-order valence-electron chi connectivity index (χ2n) is 6.88. The molecule has 0 radical (unpaired) electrons. The standard InChI is InChI=1S/C21H20N6O2/c22-11-14-5-7-15(8-6-14)17(12-27-9-2-10-27)26-20-16-3-1-4-18(29-21(23)28)19(16)24-13-25-20/h1,3-8,13,17H,2,9-10,12H2,(H2,23,28)(H,24,25,26)/t17-/m1/s1. The van der Waals surface area contributed by atoms with Gasteiger partial charge in [0, 0.05) is 11.9 Å². The number of nitrogens with two attached hydrogens (primary N) is 1. The van der Waals surface area contributed by atoms with Gasteiger partial charge in [0.1, 0.15) is 17.7 Å². The molecular formula is C21H20N6O2. The van der Waals surface area contributed by atoms with E-state index in [4.69, 9.17) is 15.7 Å². The summed E-state index contributed by atoms with van der Waals surface area (Å²) in [6, 6.07) is 14.9. The number of nitrogens with one attached hydrogen (secondary N) is 1. The monoisotopic (exact) mass is 388 g/mol. The lowest BCUT2D eigenvalue weighted by atomic mass is 10.0. The first-order chi connectivity index (χ1) is 14.1. The minimum atomic E-state index is -0.890. The van der Waals surface area contributed by atoms with Crippen molar-refractivity contribution in [2.24, 2.45) is 5.73 Å². The van der Waals surface area contributed by atoms with Crippen LogP contribution >= 0.6 is 0 Å². The maximum atomic E-state index is 11.2. The van der Waals surface area contributed by atoms with Crippen LogP contribution in [0, 0.1) is 11.3 Å². The van der Waals surface area contributed by atoms with Gasteiger partial charge in [-0.25, -0.2) is 14.8 Å². The number of rotatable bonds is 6. The molecule has 0 saturated carbocycles. The summed E-state index contributed by atoms with van der Waals surface area (Å²) in [5.41, 5.74) is 7.35. The maximum absolute atomic E-state index is 11.2. The van der Waals surface area contributed by atoms with Gasteiger partial charge in [-0.15, -0.1) is 0 Å². The first kappa shape index (κ1) is 18.7. The van der Waals surface area contributed by atoms with Crippen molar-refractivity contribution < 1.29 is 9.53 Å². The molecule has 0 aliphatic carbocycles. The molecule has 1 atom stereocenters. The number of ether oxygens (including phenoxy) is 1. The molecule has 1 saturated heterocycles. The van der Waals surface area contributed by atoms with Crippen LogP contribution in [0.1, 0.15) is 23.6 Å². The van der Waals surface area contributed by atoms with Gasteiger partial charge in [0.15, 0.2) is 5.75 Å². The van der Waals surface area contributed by atoms with Crippen LogP contribution in [0.2, 0.25) is 0 Å². The number of anilines is 1. The highest BCUT2D eigenvalue weighted by Crippen LogP contribution is 2.30. The topological polar surface area (TPSA) is 117 Å². The molecule has 2 heterocycles. The SMILES string of the molecule is N#Cc1ccc([C@@H](CN2CCC2)Nc2ncnc3c(OC(N)=O)cccc23)cc1. The summed E-state index contributed by atoms with van der Waals surface area (Å²) in [4.78, 5) is 22.2. The van der Waals surface area contributed by atoms with Gasteiger partial charge >= 0.3 is 6.09 Å². The van der Waals surface area contributed by atoms with E-state index in [1.165, 1.54) is 12.7 Å². The smallest absolute Gasteiger partial charge is 0.408 e. The minimum absolute atomic E-state index is 0.0261.